The van der Waals surface area contributed by atoms with Gasteiger partial charge in [0.05, 0.1) is 47.5 Å². The zero-order valence-electron chi connectivity index (χ0n) is 74.6. The summed E-state index contributed by atoms with van der Waals surface area (Å²) in [5.74, 6) is -19.6. The molecule has 8 aliphatic heterocycles. The minimum atomic E-state index is -5.61. The summed E-state index contributed by atoms with van der Waals surface area (Å²) in [6, 6.07) is 11.7. The number of ether oxygens (including phenoxy) is 8. The van der Waals surface area contributed by atoms with Crippen LogP contribution in [0.25, 0.3) is 22.3 Å². The van der Waals surface area contributed by atoms with Crippen molar-refractivity contribution in [3.05, 3.63) is 176 Å². The maximum Gasteiger partial charge on any atom is 0.340 e. The molecule has 0 radical (unpaired) electrons. The normalized spacial score (nSPS) is 28.3. The van der Waals surface area contributed by atoms with Gasteiger partial charge in [-0.15, -0.1) is 0 Å². The molecule has 0 aliphatic carbocycles. The Hall–Kier alpha value is -10.8. The maximum absolute atomic E-state index is 16.7. The number of primary amides is 1. The molecule has 0 unspecified atom stereocenters. The lowest BCUT2D eigenvalue weighted by molar-refractivity contribution is -0.334. The first-order chi connectivity index (χ1) is 64.8. The van der Waals surface area contributed by atoms with E-state index in [9.17, 15) is 94.2 Å². The van der Waals surface area contributed by atoms with E-state index >= 15 is 28.8 Å². The van der Waals surface area contributed by atoms with Gasteiger partial charge < -0.3 is 162 Å². The Bertz CT molecular complexity index is 5880. The van der Waals surface area contributed by atoms with Crippen LogP contribution in [0.4, 0.5) is 0 Å². The van der Waals surface area contributed by atoms with Crippen molar-refractivity contribution < 1.29 is 161 Å². The van der Waals surface area contributed by atoms with Crippen molar-refractivity contribution >= 4 is 103 Å². The van der Waals surface area contributed by atoms with Gasteiger partial charge in [0.2, 0.25) is 59.3 Å². The SMILES string of the molecule is CC(C)C[C@H](C(=O)N[C@H]1C(=O)N[C@@H](CC(N)=O)C(=O)N[C@H]2C(=O)N[C@H]3C(=O)N[C@H](C(=O)N[C@H](C(=O)O)c4cc(O)cc(O)c4-c4cc3ccc4O)[C@H](O[C@H]3C[C@](C)(N)[C@@H](O)[C@H](C)O3)c3ccc(c(Cl)c3)Oc3cc2cc(c3O[C@@H]2O[C@H](CO)[C@@H](O)[C@H](O)[C@H]2O[C@H]2C[C@](C)(NCc3ccc(-c4ccc(Cl)cc4)cc3)[C@@H](O)[C@H](C)O2)Oc2ccc(cc2Cl)[C@H]1O)N(C)C(=O)CCC(P(=O)(O)O)P(=O)(O)O. The minimum absolute atomic E-state index is 0.149. The molecule has 8 amide bonds. The molecule has 48 heteroatoms. The fourth-order valence-electron chi connectivity index (χ4n) is 17.4. The number of carbonyl (C=O) groups is 9. The van der Waals surface area contributed by atoms with Crippen molar-refractivity contribution in [2.75, 3.05) is 13.7 Å². The van der Waals surface area contributed by atoms with Gasteiger partial charge in [0, 0.05) is 71.7 Å². The van der Waals surface area contributed by atoms with Crippen molar-refractivity contribution in [2.24, 2.45) is 17.4 Å². The van der Waals surface area contributed by atoms with E-state index in [2.05, 4.69) is 37.2 Å². The number of halogens is 3. The Morgan fingerprint density at radius 3 is 1.80 bits per heavy atom. The van der Waals surface area contributed by atoms with Crippen molar-refractivity contribution in [3.63, 3.8) is 0 Å². The zero-order chi connectivity index (χ0) is 101. The molecule has 3 saturated heterocycles. The largest absolute Gasteiger partial charge is 0.508 e. The molecule has 11 bridgehead atoms. The predicted octanol–water partition coefficient (Wildman–Crippen LogP) is 4.20. The molecular formula is C90H105Cl3N10O33P2. The highest BCUT2D eigenvalue weighted by atomic mass is 35.5. The summed E-state index contributed by atoms with van der Waals surface area (Å²) >= 11 is 20.9. The van der Waals surface area contributed by atoms with Gasteiger partial charge >= 0.3 is 21.2 Å². The number of likely N-dealkylation sites (N-methyl/N-ethyl adjacent to an activating group) is 1. The standard InChI is InChI=1S/C90H105Cl3N10O33P2/c1-37(2)24-54(103(7)63(109)22-23-66(137(123,124)125)138(126,127)128)82(116)101-71-73(110)44-15-20-57(51(92)26-44)131-59-28-46-29-60(77(59)136-88-78(75(112)74(111)61(36-104)133-88)135-65-34-90(6,80(114)39(4)130-65)96-35-40-8-10-41(11-9-40)42-12-17-47(91)18-13-42)132-58-21-16-45(27-52(58)93)76(134-64-33-89(5,95)79(113)38(3)129-64)72-86(120)100-70(87(121)122)50-30-48(105)31-56(107)67(50)49-25-43(14-19-55(49)106)68(83(117)102-72)99-84(118)69(46)98-81(115)53(32-62(94)108)97-85(71)119/h8-21,25-31,37-39,53-54,61,64-66,68-76,78-80,88,96,104-107,110-114H,22-24,32-36,95H2,1-7H3,(H2,94,108)(H,97,119)(H,98,115)(H,99,118)(H,100,120)(H,101,116)(H,102,117)(H,121,122)(H2,123,124,125)(H2,126,127,128)/t38-,39-,53-,54+,61+,64-,65-,68+,69+,70-,71+,72-,73+,74+,75-,76+,78+,79-,80-,88-,89-,90-/m0/s1. The van der Waals surface area contributed by atoms with Gasteiger partial charge in [-0.2, -0.15) is 0 Å². The number of aliphatic carboxylic acids is 1. The summed E-state index contributed by atoms with van der Waals surface area (Å²) in [6.45, 7) is 8.35. The molecule has 22 atom stereocenters. The second-order valence-electron chi connectivity index (χ2n) is 35.6. The molecule has 7 aromatic carbocycles. The summed E-state index contributed by atoms with van der Waals surface area (Å²) < 4.78 is 77.5. The highest BCUT2D eigenvalue weighted by molar-refractivity contribution is 7.70. The highest BCUT2D eigenvalue weighted by Crippen LogP contribution is 2.62. The lowest BCUT2D eigenvalue weighted by Gasteiger charge is -2.48. The van der Waals surface area contributed by atoms with Crippen LogP contribution in [0, 0.1) is 5.92 Å². The van der Waals surface area contributed by atoms with E-state index in [0.717, 1.165) is 101 Å². The molecule has 0 saturated carbocycles. The second-order valence-corrected chi connectivity index (χ2v) is 40.9. The molecule has 0 spiro atoms. The van der Waals surface area contributed by atoms with Crippen molar-refractivity contribution in [3.8, 4) is 68.2 Å². The van der Waals surface area contributed by atoms with Crippen molar-refractivity contribution in [1.82, 2.24) is 42.1 Å². The molecule has 3 fully saturated rings. The fourth-order valence-corrected chi connectivity index (χ4v) is 20.4. The number of amides is 8. The molecule has 43 nitrogen and oxygen atoms in total. The molecule has 138 heavy (non-hydrogen) atoms. The maximum atomic E-state index is 16.7. The molecule has 25 N–H and O–H groups in total. The van der Waals surface area contributed by atoms with Gasteiger partial charge in [-0.05, 0) is 152 Å². The number of hydrogen-bond acceptors (Lipinski definition) is 30. The van der Waals surface area contributed by atoms with Crippen LogP contribution in [0.2, 0.25) is 15.1 Å². The highest BCUT2D eigenvalue weighted by Gasteiger charge is 2.54. The molecule has 8 aliphatic rings. The molecule has 15 rings (SSSR count). The quantitative estimate of drug-likeness (QED) is 0.0377. The van der Waals surface area contributed by atoms with Gasteiger partial charge in [0.25, 0.3) is 0 Å². The van der Waals surface area contributed by atoms with E-state index < -0.39 is 329 Å². The number of nitrogens with one attached hydrogen (secondary N) is 7. The van der Waals surface area contributed by atoms with Crippen molar-refractivity contribution in [2.45, 2.75) is 225 Å². The summed E-state index contributed by atoms with van der Waals surface area (Å²) in [5, 5.41) is 132. The number of hydrogen-bond donors (Lipinski definition) is 23. The third-order valence-electron chi connectivity index (χ3n) is 24.8. The summed E-state index contributed by atoms with van der Waals surface area (Å²) in [5.41, 5.74) is 8.82. The molecular weight excluding hydrogens is 1920 g/mol. The number of aliphatic hydroxyl groups excluding tert-OH is 6. The van der Waals surface area contributed by atoms with E-state index in [0.29, 0.717) is 5.02 Å². The summed E-state index contributed by atoms with van der Waals surface area (Å²) in [7, 11) is -10.2. The third kappa shape index (κ3) is 23.4. The zero-order valence-corrected chi connectivity index (χ0v) is 78.7. The number of aliphatic hydroxyl groups is 6. The van der Waals surface area contributed by atoms with E-state index in [4.69, 9.17) is 84.2 Å². The van der Waals surface area contributed by atoms with Gasteiger partial charge in [-0.25, -0.2) is 4.79 Å². The van der Waals surface area contributed by atoms with Crippen LogP contribution in [-0.4, -0.2) is 251 Å². The lowest BCUT2D eigenvalue weighted by Crippen LogP contribution is -2.65. The van der Waals surface area contributed by atoms with Crippen LogP contribution >= 0.6 is 50.0 Å². The fraction of sp³-hybridized carbons (Fsp3) is 0.433. The van der Waals surface area contributed by atoms with Gasteiger partial charge in [-0.1, -0.05) is 103 Å². The number of nitrogens with two attached hydrogens (primary N) is 2. The third-order valence-corrected chi connectivity index (χ3v) is 29.5. The average Bonchev–Trinajstić information content (AvgIpc) is 0.756. The Balaban J connectivity index is 1.01. The predicted molar refractivity (Wildman–Crippen MR) is 486 cm³/mol. The number of rotatable bonds is 24. The minimum Gasteiger partial charge on any atom is -0.508 e. The van der Waals surface area contributed by atoms with Crippen LogP contribution < -0.4 is 62.9 Å². The topological polar surface area (TPSA) is 684 Å². The van der Waals surface area contributed by atoms with Crippen LogP contribution in [0.3, 0.4) is 0 Å². The smallest absolute Gasteiger partial charge is 0.340 e. The number of benzene rings is 7. The molecule has 0 aromatic heterocycles. The molecule has 8 heterocycles. The van der Waals surface area contributed by atoms with Crippen LogP contribution in [0.15, 0.2) is 127 Å². The number of phenols is 3. The van der Waals surface area contributed by atoms with Crippen LogP contribution in [0.1, 0.15) is 144 Å². The Kier molecular flexibility index (Phi) is 32.1. The number of aromatic hydroxyl groups is 3. The first-order valence-corrected chi connectivity index (χ1v) is 47.8. The first-order valence-electron chi connectivity index (χ1n) is 43.4. The number of carboxylic acids is 1. The van der Waals surface area contributed by atoms with E-state index in [1.54, 1.807) is 32.9 Å². The van der Waals surface area contributed by atoms with E-state index in [1.165, 1.54) is 26.8 Å². The van der Waals surface area contributed by atoms with E-state index in [1.807, 2.05) is 36.4 Å². The number of phenolic OH excluding ortho intramolecular Hbond substituents is 3. The van der Waals surface area contributed by atoms with E-state index in [-0.39, 0.29) is 30.5 Å². The number of nitrogens with zero attached hydrogens (tertiary/aromatic N) is 1. The Morgan fingerprint density at radius 2 is 1.21 bits per heavy atom. The Morgan fingerprint density at radius 1 is 0.638 bits per heavy atom. The van der Waals surface area contributed by atoms with Crippen LogP contribution in [-0.2, 0) is 82.5 Å². The Labute approximate surface area is 802 Å². The molecule has 744 valence electrons. The van der Waals surface area contributed by atoms with Gasteiger partial charge in [0.1, 0.15) is 95.5 Å². The van der Waals surface area contributed by atoms with Crippen LogP contribution in [0.5, 0.6) is 46.0 Å². The number of carboxylic acid groups (broad SMARTS) is 1. The summed E-state index contributed by atoms with van der Waals surface area (Å²) in [6.07, 6.45) is -26.9. The molecule has 7 aromatic rings. The average molecular weight is 2020 g/mol. The monoisotopic (exact) mass is 2020 g/mol. The number of carbonyl (C=O) groups excluding carboxylic acids is 8. The lowest BCUT2D eigenvalue weighted by atomic mass is 9.84. The second kappa shape index (κ2) is 42.3. The number of fused-ring (bicyclic) bond motifs is 15. The van der Waals surface area contributed by atoms with Gasteiger partial charge in [0.15, 0.2) is 41.6 Å². The first kappa shape index (κ1) is 105. The summed E-state index contributed by atoms with van der Waals surface area (Å²) in [4.78, 5) is 177. The van der Waals surface area contributed by atoms with Gasteiger partial charge in [-0.3, -0.25) is 47.5 Å². The van der Waals surface area contributed by atoms with Crippen molar-refractivity contribution in [1.29, 1.82) is 0 Å².